The molecule has 0 N–H and O–H groups in total. The zero-order valence-corrected chi connectivity index (χ0v) is 19.1. The van der Waals surface area contributed by atoms with E-state index >= 15 is 0 Å². The molecule has 4 nitrogen and oxygen atoms in total. The van der Waals surface area contributed by atoms with Gasteiger partial charge < -0.3 is 9.64 Å². The fourth-order valence-electron chi connectivity index (χ4n) is 5.27. The fraction of sp³-hybridized carbons (Fsp3) is 0.345. The Kier molecular flexibility index (Phi) is 6.84. The van der Waals surface area contributed by atoms with Gasteiger partial charge in [0, 0.05) is 45.2 Å². The molecule has 170 valence electrons. The second-order valence-electron chi connectivity index (χ2n) is 9.23. The first kappa shape index (κ1) is 21.9. The predicted octanol–water partition coefficient (Wildman–Crippen LogP) is 4.36. The highest BCUT2D eigenvalue weighted by molar-refractivity contribution is 5.82. The summed E-state index contributed by atoms with van der Waals surface area (Å²) in [6, 6.07) is 31.1. The van der Waals surface area contributed by atoms with E-state index in [4.69, 9.17) is 4.74 Å². The van der Waals surface area contributed by atoms with E-state index in [-0.39, 0.29) is 18.0 Å². The van der Waals surface area contributed by atoms with E-state index in [1.165, 1.54) is 5.56 Å². The Morgan fingerprint density at radius 1 is 0.818 bits per heavy atom. The standard InChI is InChI=1S/C29H32N2O2/c32-29(28(24-12-6-2-7-13-24)25-14-8-3-9-15-25)33-27-20-26-21-30(18-19-31(26)22-27)17-16-23-10-4-1-5-11-23/h1-15,26-28H,16-22H2/t26-,27+/m0/s1. The largest absolute Gasteiger partial charge is 0.460 e. The first-order chi connectivity index (χ1) is 16.3. The second kappa shape index (κ2) is 10.3. The van der Waals surface area contributed by atoms with Gasteiger partial charge in [-0.3, -0.25) is 9.69 Å². The van der Waals surface area contributed by atoms with Crippen molar-refractivity contribution in [3.8, 4) is 0 Å². The molecule has 0 radical (unpaired) electrons. The molecule has 2 aliphatic heterocycles. The molecule has 0 aromatic heterocycles. The third-order valence-corrected chi connectivity index (χ3v) is 7.01. The number of esters is 1. The second-order valence-corrected chi connectivity index (χ2v) is 9.23. The summed E-state index contributed by atoms with van der Waals surface area (Å²) in [7, 11) is 0. The molecule has 2 atom stereocenters. The van der Waals surface area contributed by atoms with Crippen molar-refractivity contribution >= 4 is 5.97 Å². The molecule has 33 heavy (non-hydrogen) atoms. The lowest BCUT2D eigenvalue weighted by Gasteiger charge is -2.37. The normalized spacial score (nSPS) is 21.1. The zero-order chi connectivity index (χ0) is 22.5. The molecule has 0 saturated carbocycles. The molecule has 2 aliphatic rings. The van der Waals surface area contributed by atoms with E-state index in [1.54, 1.807) is 0 Å². The van der Waals surface area contributed by atoms with Gasteiger partial charge in [0.05, 0.1) is 0 Å². The Morgan fingerprint density at radius 2 is 1.42 bits per heavy atom. The highest BCUT2D eigenvalue weighted by atomic mass is 16.5. The summed E-state index contributed by atoms with van der Waals surface area (Å²) in [6.45, 7) is 5.12. The van der Waals surface area contributed by atoms with Crippen LogP contribution in [-0.4, -0.2) is 60.6 Å². The topological polar surface area (TPSA) is 32.8 Å². The van der Waals surface area contributed by atoms with Crippen molar-refractivity contribution in [1.29, 1.82) is 0 Å². The Labute approximate surface area is 196 Å². The minimum atomic E-state index is -0.382. The number of fused-ring (bicyclic) bond motifs is 1. The average molecular weight is 441 g/mol. The zero-order valence-electron chi connectivity index (χ0n) is 19.1. The van der Waals surface area contributed by atoms with E-state index in [0.717, 1.165) is 56.7 Å². The van der Waals surface area contributed by atoms with Crippen LogP contribution in [0.25, 0.3) is 0 Å². The average Bonchev–Trinajstić information content (AvgIpc) is 3.26. The summed E-state index contributed by atoms with van der Waals surface area (Å²) in [6.07, 6.45) is 1.97. The van der Waals surface area contributed by atoms with Crippen LogP contribution >= 0.6 is 0 Å². The van der Waals surface area contributed by atoms with Crippen molar-refractivity contribution in [2.75, 3.05) is 32.7 Å². The summed E-state index contributed by atoms with van der Waals surface area (Å²) >= 11 is 0. The van der Waals surface area contributed by atoms with Crippen molar-refractivity contribution in [2.45, 2.75) is 30.9 Å². The number of ether oxygens (including phenoxy) is 1. The molecule has 2 heterocycles. The maximum atomic E-state index is 13.4. The Morgan fingerprint density at radius 3 is 2.06 bits per heavy atom. The molecular weight excluding hydrogens is 408 g/mol. The summed E-state index contributed by atoms with van der Waals surface area (Å²) in [5.41, 5.74) is 3.36. The number of piperazine rings is 1. The van der Waals surface area contributed by atoms with Crippen LogP contribution in [0.4, 0.5) is 0 Å². The van der Waals surface area contributed by atoms with Crippen LogP contribution in [-0.2, 0) is 16.0 Å². The third-order valence-electron chi connectivity index (χ3n) is 7.01. The minimum Gasteiger partial charge on any atom is -0.460 e. The van der Waals surface area contributed by atoms with Crippen LogP contribution in [0.2, 0.25) is 0 Å². The molecular formula is C29H32N2O2. The molecule has 5 rings (SSSR count). The van der Waals surface area contributed by atoms with Crippen molar-refractivity contribution < 1.29 is 9.53 Å². The predicted molar refractivity (Wildman–Crippen MR) is 131 cm³/mol. The molecule has 2 saturated heterocycles. The molecule has 2 fully saturated rings. The number of carbonyl (C=O) groups excluding carboxylic acids is 1. The van der Waals surface area contributed by atoms with Gasteiger partial charge in [0.2, 0.25) is 0 Å². The Bertz CT molecular complexity index is 986. The Balaban J connectivity index is 1.20. The summed E-state index contributed by atoms with van der Waals surface area (Å²) < 4.78 is 6.14. The molecule has 0 amide bonds. The smallest absolute Gasteiger partial charge is 0.318 e. The molecule has 3 aromatic carbocycles. The van der Waals surface area contributed by atoms with Gasteiger partial charge in [0.25, 0.3) is 0 Å². The van der Waals surface area contributed by atoms with E-state index in [2.05, 4.69) is 40.1 Å². The van der Waals surface area contributed by atoms with E-state index < -0.39 is 0 Å². The van der Waals surface area contributed by atoms with Crippen molar-refractivity contribution in [3.05, 3.63) is 108 Å². The monoisotopic (exact) mass is 440 g/mol. The fourth-order valence-corrected chi connectivity index (χ4v) is 5.27. The first-order valence-corrected chi connectivity index (χ1v) is 12.1. The number of benzene rings is 3. The highest BCUT2D eigenvalue weighted by Gasteiger charge is 2.38. The van der Waals surface area contributed by atoms with Gasteiger partial charge in [0.1, 0.15) is 12.0 Å². The van der Waals surface area contributed by atoms with Gasteiger partial charge in [-0.05, 0) is 23.1 Å². The lowest BCUT2D eigenvalue weighted by molar-refractivity contribution is -0.149. The van der Waals surface area contributed by atoms with Gasteiger partial charge in [-0.25, -0.2) is 0 Å². The molecule has 0 unspecified atom stereocenters. The number of nitrogens with zero attached hydrogens (tertiary/aromatic N) is 2. The number of carbonyl (C=O) groups is 1. The lowest BCUT2D eigenvalue weighted by atomic mass is 9.91. The van der Waals surface area contributed by atoms with Gasteiger partial charge in [-0.1, -0.05) is 91.0 Å². The maximum Gasteiger partial charge on any atom is 0.318 e. The molecule has 0 bridgehead atoms. The quantitative estimate of drug-likeness (QED) is 0.511. The van der Waals surface area contributed by atoms with Gasteiger partial charge >= 0.3 is 5.97 Å². The molecule has 0 aliphatic carbocycles. The van der Waals surface area contributed by atoms with E-state index in [0.29, 0.717) is 6.04 Å². The molecule has 4 heteroatoms. The maximum absolute atomic E-state index is 13.4. The van der Waals surface area contributed by atoms with Crippen molar-refractivity contribution in [1.82, 2.24) is 9.80 Å². The van der Waals surface area contributed by atoms with Crippen LogP contribution in [0.5, 0.6) is 0 Å². The van der Waals surface area contributed by atoms with Gasteiger partial charge in [-0.2, -0.15) is 0 Å². The van der Waals surface area contributed by atoms with E-state index in [1.807, 2.05) is 60.7 Å². The van der Waals surface area contributed by atoms with Crippen molar-refractivity contribution in [3.63, 3.8) is 0 Å². The van der Waals surface area contributed by atoms with Crippen LogP contribution in [0.3, 0.4) is 0 Å². The third kappa shape index (κ3) is 5.35. The minimum absolute atomic E-state index is 0.0357. The van der Waals surface area contributed by atoms with E-state index in [9.17, 15) is 4.79 Å². The van der Waals surface area contributed by atoms with Crippen molar-refractivity contribution in [2.24, 2.45) is 0 Å². The SMILES string of the molecule is O=C(O[C@@H]1C[C@H]2CN(CCc3ccccc3)CCN2C1)C(c1ccccc1)c1ccccc1. The van der Waals surface area contributed by atoms with Crippen LogP contribution in [0.1, 0.15) is 29.0 Å². The lowest BCUT2D eigenvalue weighted by Crippen LogP contribution is -2.50. The Hall–Kier alpha value is -2.95. The number of hydrogen-bond donors (Lipinski definition) is 0. The first-order valence-electron chi connectivity index (χ1n) is 12.1. The van der Waals surface area contributed by atoms with Crippen LogP contribution in [0, 0.1) is 0 Å². The van der Waals surface area contributed by atoms with Gasteiger partial charge in [0.15, 0.2) is 0 Å². The highest BCUT2D eigenvalue weighted by Crippen LogP contribution is 2.30. The number of rotatable bonds is 7. The molecule has 3 aromatic rings. The van der Waals surface area contributed by atoms with Gasteiger partial charge in [-0.15, -0.1) is 0 Å². The number of hydrogen-bond acceptors (Lipinski definition) is 4. The van der Waals surface area contributed by atoms with Crippen LogP contribution < -0.4 is 0 Å². The molecule has 0 spiro atoms. The summed E-state index contributed by atoms with van der Waals surface area (Å²) in [5.74, 6) is -0.523. The summed E-state index contributed by atoms with van der Waals surface area (Å²) in [4.78, 5) is 18.5. The van der Waals surface area contributed by atoms with Crippen LogP contribution in [0.15, 0.2) is 91.0 Å². The summed E-state index contributed by atoms with van der Waals surface area (Å²) in [5, 5.41) is 0.